The minimum absolute atomic E-state index is 0.0270. The van der Waals surface area contributed by atoms with Gasteiger partial charge in [-0.2, -0.15) is 0 Å². The summed E-state index contributed by atoms with van der Waals surface area (Å²) in [6, 6.07) is 8.11. The summed E-state index contributed by atoms with van der Waals surface area (Å²) in [6.45, 7) is 6.40. The van der Waals surface area contributed by atoms with E-state index in [2.05, 4.69) is 29.4 Å². The standard InChI is InChI=1S/C18H20ClN3OS/c1-10(2)22-8-7-13-14(9-22)24-18-15(13)17(23)20-16(21-18)11-3-5-12(19)6-4-11/h3-6,10,16,21H,7-9H2,1-2H3,(H,20,23)/t16-/m0/s1. The van der Waals surface area contributed by atoms with Crippen LogP contribution < -0.4 is 10.6 Å². The molecule has 1 amide bonds. The normalized spacial score (nSPS) is 20.3. The number of amides is 1. The number of anilines is 1. The highest BCUT2D eigenvalue weighted by Gasteiger charge is 2.33. The molecule has 2 N–H and O–H groups in total. The van der Waals surface area contributed by atoms with E-state index in [1.54, 1.807) is 11.3 Å². The van der Waals surface area contributed by atoms with Crippen molar-refractivity contribution in [2.45, 2.75) is 39.0 Å². The van der Waals surface area contributed by atoms with Crippen LogP contribution in [-0.4, -0.2) is 23.4 Å². The van der Waals surface area contributed by atoms with Crippen LogP contribution >= 0.6 is 22.9 Å². The van der Waals surface area contributed by atoms with E-state index in [1.165, 1.54) is 10.4 Å². The topological polar surface area (TPSA) is 44.4 Å². The van der Waals surface area contributed by atoms with Crippen LogP contribution in [0.3, 0.4) is 0 Å². The first-order chi connectivity index (χ1) is 11.5. The van der Waals surface area contributed by atoms with Crippen molar-refractivity contribution in [3.63, 3.8) is 0 Å². The van der Waals surface area contributed by atoms with Crippen molar-refractivity contribution >= 4 is 33.8 Å². The SMILES string of the molecule is CC(C)N1CCc2c(sc3c2C(=O)N[C@H](c2ccc(Cl)cc2)N3)C1. The molecular formula is C18H20ClN3OS. The second-order valence-electron chi connectivity index (χ2n) is 6.62. The second-order valence-corrected chi connectivity index (χ2v) is 8.17. The number of nitrogens with one attached hydrogen (secondary N) is 2. The van der Waals surface area contributed by atoms with Gasteiger partial charge in [0.1, 0.15) is 11.2 Å². The molecule has 0 bridgehead atoms. The average Bonchev–Trinajstić information content (AvgIpc) is 2.93. The predicted molar refractivity (Wildman–Crippen MR) is 98.9 cm³/mol. The molecule has 4 nitrogen and oxygen atoms in total. The highest BCUT2D eigenvalue weighted by Crippen LogP contribution is 2.41. The van der Waals surface area contributed by atoms with E-state index in [1.807, 2.05) is 24.3 Å². The van der Waals surface area contributed by atoms with Crippen LogP contribution in [0.25, 0.3) is 0 Å². The van der Waals surface area contributed by atoms with Crippen molar-refractivity contribution in [2.75, 3.05) is 11.9 Å². The Morgan fingerprint density at radius 3 is 2.71 bits per heavy atom. The summed E-state index contributed by atoms with van der Waals surface area (Å²) in [6.07, 6.45) is 0.739. The Hall–Kier alpha value is -1.56. The number of hydrogen-bond acceptors (Lipinski definition) is 4. The van der Waals surface area contributed by atoms with Crippen LogP contribution in [0.2, 0.25) is 5.02 Å². The summed E-state index contributed by atoms with van der Waals surface area (Å²) in [5.41, 5.74) is 3.09. The van der Waals surface area contributed by atoms with Crippen molar-refractivity contribution in [3.05, 3.63) is 50.9 Å². The number of thiophene rings is 1. The molecule has 1 aromatic heterocycles. The number of rotatable bonds is 2. The van der Waals surface area contributed by atoms with Gasteiger partial charge >= 0.3 is 0 Å². The van der Waals surface area contributed by atoms with Gasteiger partial charge in [-0.3, -0.25) is 9.69 Å². The van der Waals surface area contributed by atoms with Gasteiger partial charge in [-0.1, -0.05) is 23.7 Å². The molecule has 0 fully saturated rings. The Morgan fingerprint density at radius 2 is 2.00 bits per heavy atom. The molecule has 24 heavy (non-hydrogen) atoms. The number of hydrogen-bond donors (Lipinski definition) is 2. The first kappa shape index (κ1) is 15.9. The third-order valence-electron chi connectivity index (χ3n) is 4.80. The van der Waals surface area contributed by atoms with Crippen molar-refractivity contribution in [3.8, 4) is 0 Å². The number of benzene rings is 1. The van der Waals surface area contributed by atoms with E-state index in [0.717, 1.165) is 35.6 Å². The smallest absolute Gasteiger partial charge is 0.256 e. The molecule has 4 rings (SSSR count). The summed E-state index contributed by atoms with van der Waals surface area (Å²) < 4.78 is 0. The van der Waals surface area contributed by atoms with E-state index in [4.69, 9.17) is 11.6 Å². The molecule has 2 aliphatic heterocycles. The summed E-state index contributed by atoms with van der Waals surface area (Å²) in [7, 11) is 0. The van der Waals surface area contributed by atoms with E-state index in [9.17, 15) is 4.79 Å². The first-order valence-corrected chi connectivity index (χ1v) is 9.44. The fourth-order valence-corrected chi connectivity index (χ4v) is 4.82. The zero-order valence-electron chi connectivity index (χ0n) is 13.7. The number of fused-ring (bicyclic) bond motifs is 3. The molecule has 0 aliphatic carbocycles. The third-order valence-corrected chi connectivity index (χ3v) is 6.20. The molecule has 2 aromatic rings. The Bertz CT molecular complexity index is 784. The van der Waals surface area contributed by atoms with Crippen molar-refractivity contribution in [1.82, 2.24) is 10.2 Å². The Morgan fingerprint density at radius 1 is 1.25 bits per heavy atom. The van der Waals surface area contributed by atoms with Crippen LogP contribution in [0.1, 0.15) is 46.4 Å². The van der Waals surface area contributed by atoms with Crippen LogP contribution in [0.4, 0.5) is 5.00 Å². The maximum Gasteiger partial charge on any atom is 0.256 e. The van der Waals surface area contributed by atoms with E-state index in [0.29, 0.717) is 11.1 Å². The van der Waals surface area contributed by atoms with E-state index in [-0.39, 0.29) is 12.1 Å². The molecule has 0 unspecified atom stereocenters. The molecule has 1 atom stereocenters. The summed E-state index contributed by atoms with van der Waals surface area (Å²) in [5.74, 6) is 0.0270. The molecular weight excluding hydrogens is 342 g/mol. The fourth-order valence-electron chi connectivity index (χ4n) is 3.40. The number of carbonyl (C=O) groups excluding carboxylic acids is 1. The largest absolute Gasteiger partial charge is 0.353 e. The van der Waals surface area contributed by atoms with Crippen LogP contribution in [0.15, 0.2) is 24.3 Å². The van der Waals surface area contributed by atoms with Gasteiger partial charge in [0.2, 0.25) is 0 Å². The van der Waals surface area contributed by atoms with Gasteiger partial charge in [-0.15, -0.1) is 11.3 Å². The summed E-state index contributed by atoms with van der Waals surface area (Å²) in [4.78, 5) is 16.5. The summed E-state index contributed by atoms with van der Waals surface area (Å²) in [5, 5.41) is 8.26. The Labute approximate surface area is 150 Å². The molecule has 0 spiro atoms. The number of carbonyl (C=O) groups is 1. The van der Waals surface area contributed by atoms with Gasteiger partial charge in [0.15, 0.2) is 0 Å². The lowest BCUT2D eigenvalue weighted by molar-refractivity contribution is 0.0934. The fraction of sp³-hybridized carbons (Fsp3) is 0.389. The average molecular weight is 362 g/mol. The maximum absolute atomic E-state index is 12.7. The van der Waals surface area contributed by atoms with Crippen LogP contribution in [0.5, 0.6) is 0 Å². The van der Waals surface area contributed by atoms with Gasteiger partial charge in [0.05, 0.1) is 5.56 Å². The lowest BCUT2D eigenvalue weighted by Crippen LogP contribution is -2.39. The Kier molecular flexibility index (Phi) is 4.03. The molecule has 0 saturated carbocycles. The maximum atomic E-state index is 12.7. The predicted octanol–water partition coefficient (Wildman–Crippen LogP) is 4.02. The quantitative estimate of drug-likeness (QED) is 0.849. The lowest BCUT2D eigenvalue weighted by Gasteiger charge is -2.31. The van der Waals surface area contributed by atoms with E-state index >= 15 is 0 Å². The molecule has 1 aromatic carbocycles. The van der Waals surface area contributed by atoms with Crippen LogP contribution in [-0.2, 0) is 13.0 Å². The van der Waals surface area contributed by atoms with Gasteiger partial charge in [0.25, 0.3) is 5.91 Å². The van der Waals surface area contributed by atoms with Gasteiger partial charge < -0.3 is 10.6 Å². The van der Waals surface area contributed by atoms with Crippen molar-refractivity contribution < 1.29 is 4.79 Å². The van der Waals surface area contributed by atoms with Crippen molar-refractivity contribution in [2.24, 2.45) is 0 Å². The number of halogens is 1. The minimum Gasteiger partial charge on any atom is -0.353 e. The minimum atomic E-state index is -0.205. The zero-order chi connectivity index (χ0) is 16.8. The zero-order valence-corrected chi connectivity index (χ0v) is 15.3. The molecule has 126 valence electrons. The molecule has 0 saturated heterocycles. The monoisotopic (exact) mass is 361 g/mol. The molecule has 6 heteroatoms. The van der Waals surface area contributed by atoms with Gasteiger partial charge in [0, 0.05) is 29.0 Å². The van der Waals surface area contributed by atoms with E-state index < -0.39 is 0 Å². The van der Waals surface area contributed by atoms with Crippen LogP contribution in [0, 0.1) is 0 Å². The highest BCUT2D eigenvalue weighted by molar-refractivity contribution is 7.16. The van der Waals surface area contributed by atoms with Gasteiger partial charge in [-0.25, -0.2) is 0 Å². The first-order valence-electron chi connectivity index (χ1n) is 8.24. The molecule has 0 radical (unpaired) electrons. The summed E-state index contributed by atoms with van der Waals surface area (Å²) >= 11 is 7.68. The third kappa shape index (κ3) is 2.70. The Balaban J connectivity index is 1.65. The highest BCUT2D eigenvalue weighted by atomic mass is 35.5. The second kappa shape index (κ2) is 6.06. The molecule has 3 heterocycles. The molecule has 2 aliphatic rings. The number of nitrogens with zero attached hydrogens (tertiary/aromatic N) is 1. The lowest BCUT2D eigenvalue weighted by atomic mass is 9.99. The van der Waals surface area contributed by atoms with Crippen molar-refractivity contribution in [1.29, 1.82) is 0 Å². The van der Waals surface area contributed by atoms with Gasteiger partial charge in [-0.05, 0) is 43.5 Å².